The van der Waals surface area contributed by atoms with Crippen molar-refractivity contribution in [1.82, 2.24) is 0 Å². The predicted octanol–water partition coefficient (Wildman–Crippen LogP) is 2.53. The average molecular weight is 337 g/mol. The van der Waals surface area contributed by atoms with E-state index in [1.165, 1.54) is 18.4 Å². The van der Waals surface area contributed by atoms with Gasteiger partial charge >= 0.3 is 11.9 Å². The maximum atomic E-state index is 12.7. The van der Waals surface area contributed by atoms with Crippen molar-refractivity contribution in [2.75, 3.05) is 12.4 Å². The molecule has 1 aromatic heterocycles. The molecule has 2 saturated carbocycles. The van der Waals surface area contributed by atoms with E-state index in [-0.39, 0.29) is 17.7 Å². The van der Waals surface area contributed by atoms with Crippen molar-refractivity contribution >= 4 is 34.2 Å². The van der Waals surface area contributed by atoms with Crippen LogP contribution in [0, 0.1) is 30.6 Å². The van der Waals surface area contributed by atoms with Gasteiger partial charge in [-0.1, -0.05) is 0 Å². The van der Waals surface area contributed by atoms with Gasteiger partial charge in [0.1, 0.15) is 5.00 Å². The molecule has 0 aliphatic heterocycles. The molecule has 0 spiro atoms. The minimum atomic E-state index is -0.895. The topological polar surface area (TPSA) is 92.7 Å². The Morgan fingerprint density at radius 2 is 1.91 bits per heavy atom. The summed E-state index contributed by atoms with van der Waals surface area (Å²) in [5.41, 5.74) is 0.318. The number of fused-ring (bicyclic) bond motifs is 2. The van der Waals surface area contributed by atoms with E-state index < -0.39 is 23.8 Å². The molecule has 0 unspecified atom stereocenters. The summed E-state index contributed by atoms with van der Waals surface area (Å²) in [5, 5.41) is 12.7. The Morgan fingerprint density at radius 3 is 2.52 bits per heavy atom. The Kier molecular flexibility index (Phi) is 4.14. The van der Waals surface area contributed by atoms with Gasteiger partial charge < -0.3 is 15.2 Å². The molecule has 0 radical (unpaired) electrons. The highest BCUT2D eigenvalue weighted by molar-refractivity contribution is 7.16. The highest BCUT2D eigenvalue weighted by Crippen LogP contribution is 2.52. The molecule has 124 valence electrons. The van der Waals surface area contributed by atoms with Gasteiger partial charge in [0, 0.05) is 4.88 Å². The zero-order chi connectivity index (χ0) is 16.7. The zero-order valence-electron chi connectivity index (χ0n) is 13.0. The zero-order valence-corrected chi connectivity index (χ0v) is 13.8. The number of rotatable bonds is 4. The van der Waals surface area contributed by atoms with E-state index in [0.29, 0.717) is 10.6 Å². The highest BCUT2D eigenvalue weighted by atomic mass is 32.1. The molecule has 23 heavy (non-hydrogen) atoms. The van der Waals surface area contributed by atoms with Gasteiger partial charge in [0.15, 0.2) is 0 Å². The molecular weight excluding hydrogens is 318 g/mol. The van der Waals surface area contributed by atoms with Crippen LogP contribution in [-0.4, -0.2) is 30.1 Å². The number of amides is 1. The van der Waals surface area contributed by atoms with Crippen LogP contribution in [0.25, 0.3) is 0 Å². The number of nitrogens with one attached hydrogen (secondary N) is 1. The van der Waals surface area contributed by atoms with Crippen LogP contribution < -0.4 is 5.32 Å². The second-order valence-electron chi connectivity index (χ2n) is 6.30. The fraction of sp³-hybridized carbons (Fsp3) is 0.562. The van der Waals surface area contributed by atoms with Crippen molar-refractivity contribution in [3.05, 3.63) is 16.5 Å². The van der Waals surface area contributed by atoms with Gasteiger partial charge in [-0.05, 0) is 44.1 Å². The third-order valence-electron chi connectivity index (χ3n) is 5.00. The van der Waals surface area contributed by atoms with Crippen LogP contribution in [0.3, 0.4) is 0 Å². The Morgan fingerprint density at radius 1 is 1.26 bits per heavy atom. The Labute approximate surface area is 137 Å². The van der Waals surface area contributed by atoms with E-state index in [0.717, 1.165) is 24.1 Å². The lowest BCUT2D eigenvalue weighted by molar-refractivity contribution is -0.148. The molecule has 3 rings (SSSR count). The van der Waals surface area contributed by atoms with Crippen molar-refractivity contribution in [2.24, 2.45) is 23.7 Å². The average Bonchev–Trinajstić information content (AvgIpc) is 3.19. The van der Waals surface area contributed by atoms with Crippen LogP contribution in [0.2, 0.25) is 0 Å². The molecule has 1 aromatic rings. The number of carbonyl (C=O) groups excluding carboxylic acids is 2. The molecular formula is C16H19NO5S. The van der Waals surface area contributed by atoms with Crippen LogP contribution in [0.15, 0.2) is 6.07 Å². The summed E-state index contributed by atoms with van der Waals surface area (Å²) in [6, 6.07) is 1.67. The van der Waals surface area contributed by atoms with Crippen molar-refractivity contribution in [3.8, 4) is 0 Å². The summed E-state index contributed by atoms with van der Waals surface area (Å²) in [7, 11) is 1.29. The Bertz CT molecular complexity index is 667. The third-order valence-corrected chi connectivity index (χ3v) is 5.97. The molecule has 2 aliphatic carbocycles. The number of hydrogen-bond acceptors (Lipinski definition) is 5. The second-order valence-corrected chi connectivity index (χ2v) is 7.56. The van der Waals surface area contributed by atoms with Gasteiger partial charge in [0.2, 0.25) is 5.91 Å². The van der Waals surface area contributed by atoms with Gasteiger partial charge in [-0.2, -0.15) is 0 Å². The van der Waals surface area contributed by atoms with Crippen LogP contribution in [0.1, 0.15) is 34.5 Å². The number of carboxylic acid groups (broad SMARTS) is 1. The number of carbonyl (C=O) groups is 3. The largest absolute Gasteiger partial charge is 0.481 e. The normalized spacial score (nSPS) is 28.6. The Balaban J connectivity index is 1.82. The summed E-state index contributed by atoms with van der Waals surface area (Å²) in [6.07, 6.45) is 2.60. The highest BCUT2D eigenvalue weighted by Gasteiger charge is 2.54. The number of thiophene rings is 1. The monoisotopic (exact) mass is 337 g/mol. The maximum absolute atomic E-state index is 12.7. The fourth-order valence-corrected chi connectivity index (χ4v) is 4.99. The first-order chi connectivity index (χ1) is 10.9. The van der Waals surface area contributed by atoms with Crippen molar-refractivity contribution in [1.29, 1.82) is 0 Å². The molecule has 2 bridgehead atoms. The van der Waals surface area contributed by atoms with Crippen LogP contribution in [0.4, 0.5) is 5.00 Å². The van der Waals surface area contributed by atoms with E-state index in [9.17, 15) is 19.5 Å². The molecule has 2 aliphatic rings. The number of anilines is 1. The van der Waals surface area contributed by atoms with E-state index in [4.69, 9.17) is 4.74 Å². The number of methoxy groups -OCH3 is 1. The van der Waals surface area contributed by atoms with Gasteiger partial charge in [-0.25, -0.2) is 4.79 Å². The molecule has 6 nitrogen and oxygen atoms in total. The number of hydrogen-bond donors (Lipinski definition) is 2. The predicted molar refractivity (Wildman–Crippen MR) is 84.5 cm³/mol. The van der Waals surface area contributed by atoms with Crippen LogP contribution >= 0.6 is 11.3 Å². The standard InChI is InChI=1S/C16H19NO5S/c1-7-5-10(16(21)22-2)14(23-7)17-13(18)11-8-3-4-9(6-8)12(11)15(19)20/h5,8-9,11-12H,3-4,6H2,1-2H3,(H,17,18)(H,19,20)/t8-,9-,11-,12-/m0/s1. The molecule has 1 heterocycles. The van der Waals surface area contributed by atoms with Crippen molar-refractivity contribution in [3.63, 3.8) is 0 Å². The minimum Gasteiger partial charge on any atom is -0.481 e. The summed E-state index contributed by atoms with van der Waals surface area (Å²) in [5.74, 6) is -2.60. The van der Waals surface area contributed by atoms with E-state index in [1.807, 2.05) is 6.92 Å². The van der Waals surface area contributed by atoms with Crippen molar-refractivity contribution < 1.29 is 24.2 Å². The van der Waals surface area contributed by atoms with Crippen LogP contribution in [-0.2, 0) is 14.3 Å². The van der Waals surface area contributed by atoms with E-state index >= 15 is 0 Å². The summed E-state index contributed by atoms with van der Waals surface area (Å²) in [6.45, 7) is 1.84. The first-order valence-electron chi connectivity index (χ1n) is 7.64. The number of ether oxygens (including phenoxy) is 1. The van der Waals surface area contributed by atoms with Gasteiger partial charge in [-0.15, -0.1) is 11.3 Å². The SMILES string of the molecule is COC(=O)c1cc(C)sc1NC(=O)[C@H]1[C@H]2CC[C@@H](C2)[C@@H]1C(=O)O. The second kappa shape index (κ2) is 5.96. The maximum Gasteiger partial charge on any atom is 0.340 e. The first kappa shape index (κ1) is 16.0. The Hall–Kier alpha value is -1.89. The summed E-state index contributed by atoms with van der Waals surface area (Å²) < 4.78 is 4.73. The molecule has 0 aromatic carbocycles. The van der Waals surface area contributed by atoms with Crippen LogP contribution in [0.5, 0.6) is 0 Å². The molecule has 1 amide bonds. The lowest BCUT2D eigenvalue weighted by atomic mass is 9.79. The number of aryl methyl sites for hydroxylation is 1. The van der Waals surface area contributed by atoms with Gasteiger partial charge in [0.05, 0.1) is 24.5 Å². The lowest BCUT2D eigenvalue weighted by Gasteiger charge is -2.26. The first-order valence-corrected chi connectivity index (χ1v) is 8.46. The summed E-state index contributed by atoms with van der Waals surface area (Å²) >= 11 is 1.29. The number of carboxylic acids is 1. The van der Waals surface area contributed by atoms with E-state index in [2.05, 4.69) is 5.32 Å². The van der Waals surface area contributed by atoms with E-state index in [1.54, 1.807) is 6.07 Å². The molecule has 2 fully saturated rings. The molecule has 7 heteroatoms. The molecule has 0 saturated heterocycles. The van der Waals surface area contributed by atoms with Gasteiger partial charge in [-0.3, -0.25) is 9.59 Å². The smallest absolute Gasteiger partial charge is 0.340 e. The molecule has 2 N–H and O–H groups in total. The number of esters is 1. The summed E-state index contributed by atoms with van der Waals surface area (Å²) in [4.78, 5) is 36.9. The lowest BCUT2D eigenvalue weighted by Crippen LogP contribution is -2.37. The number of aliphatic carboxylic acids is 1. The molecule has 4 atom stereocenters. The quantitative estimate of drug-likeness (QED) is 0.824. The minimum absolute atomic E-state index is 0.0957. The van der Waals surface area contributed by atoms with Gasteiger partial charge in [0.25, 0.3) is 0 Å². The fourth-order valence-electron chi connectivity index (χ4n) is 4.09. The van der Waals surface area contributed by atoms with Crippen molar-refractivity contribution in [2.45, 2.75) is 26.2 Å². The third kappa shape index (κ3) is 2.73.